The van der Waals surface area contributed by atoms with Gasteiger partial charge < -0.3 is 15.0 Å². The maximum absolute atomic E-state index is 13.2. The maximum atomic E-state index is 13.2. The van der Waals surface area contributed by atoms with Crippen LogP contribution in [0, 0.1) is 0 Å². The van der Waals surface area contributed by atoms with Gasteiger partial charge in [0.2, 0.25) is 5.91 Å². The van der Waals surface area contributed by atoms with Gasteiger partial charge in [-0.25, -0.2) is 0 Å². The zero-order valence-corrected chi connectivity index (χ0v) is 17.3. The molecule has 1 saturated heterocycles. The van der Waals surface area contributed by atoms with Gasteiger partial charge in [-0.15, -0.1) is 16.4 Å². The third-order valence-corrected chi connectivity index (χ3v) is 5.56. The van der Waals surface area contributed by atoms with E-state index in [9.17, 15) is 9.59 Å². The third kappa shape index (κ3) is 5.12. The predicted molar refractivity (Wildman–Crippen MR) is 105 cm³/mol. The lowest BCUT2D eigenvalue weighted by atomic mass is 10.1. The number of nitrogens with zero attached hydrogens (tertiary/aromatic N) is 3. The van der Waals surface area contributed by atoms with Gasteiger partial charge in [0.15, 0.2) is 5.69 Å². The minimum absolute atomic E-state index is 0.0783. The minimum atomic E-state index is -0.734. The number of thiophene rings is 1. The lowest BCUT2D eigenvalue weighted by molar-refractivity contribution is -0.127. The Kier molecular flexibility index (Phi) is 6.23. The number of carbonyl (C=O) groups is 2. The van der Waals surface area contributed by atoms with Crippen molar-refractivity contribution in [2.75, 3.05) is 13.2 Å². The number of hydrogen-bond donors (Lipinski definition) is 1. The van der Waals surface area contributed by atoms with Crippen LogP contribution < -0.4 is 5.32 Å². The van der Waals surface area contributed by atoms with E-state index in [-0.39, 0.29) is 23.6 Å². The Balaban J connectivity index is 1.95. The van der Waals surface area contributed by atoms with Gasteiger partial charge in [-0.3, -0.25) is 9.59 Å². The molecule has 27 heavy (non-hydrogen) atoms. The second-order valence-corrected chi connectivity index (χ2v) is 9.13. The van der Waals surface area contributed by atoms with Crippen molar-refractivity contribution in [3.8, 4) is 0 Å². The van der Waals surface area contributed by atoms with Gasteiger partial charge in [0.25, 0.3) is 5.91 Å². The summed E-state index contributed by atoms with van der Waals surface area (Å²) in [6.07, 6.45) is 1.75. The maximum Gasteiger partial charge on any atom is 0.276 e. The molecule has 2 amide bonds. The Morgan fingerprint density at radius 1 is 1.44 bits per heavy atom. The van der Waals surface area contributed by atoms with Crippen molar-refractivity contribution in [1.82, 2.24) is 19.8 Å². The number of nitrogens with one attached hydrogen (secondary N) is 1. The number of carbonyl (C=O) groups excluding carboxylic acids is 2. The molecule has 0 aromatic carbocycles. The summed E-state index contributed by atoms with van der Waals surface area (Å²) in [5.41, 5.74) is -0.156. The van der Waals surface area contributed by atoms with Crippen molar-refractivity contribution < 1.29 is 14.3 Å². The molecular weight excluding hydrogens is 384 g/mol. The zero-order chi connectivity index (χ0) is 19.4. The second-order valence-electron chi connectivity index (χ2n) is 7.54. The van der Waals surface area contributed by atoms with Crippen molar-refractivity contribution in [2.24, 2.45) is 0 Å². The van der Waals surface area contributed by atoms with E-state index in [4.69, 9.17) is 4.74 Å². The highest BCUT2D eigenvalue weighted by atomic mass is 32.1. The van der Waals surface area contributed by atoms with Crippen LogP contribution in [0.2, 0.25) is 0 Å². The minimum Gasteiger partial charge on any atom is -0.376 e. The fourth-order valence-electron chi connectivity index (χ4n) is 3.03. The molecule has 2 aromatic rings. The van der Waals surface area contributed by atoms with Crippen LogP contribution in [0.25, 0.3) is 0 Å². The Morgan fingerprint density at radius 2 is 2.26 bits per heavy atom. The van der Waals surface area contributed by atoms with Gasteiger partial charge in [-0.05, 0) is 56.6 Å². The molecule has 1 fully saturated rings. The zero-order valence-electron chi connectivity index (χ0n) is 15.7. The van der Waals surface area contributed by atoms with Gasteiger partial charge in [0, 0.05) is 28.9 Å². The highest BCUT2D eigenvalue weighted by molar-refractivity contribution is 7.10. The first kappa shape index (κ1) is 19.9. The van der Waals surface area contributed by atoms with Crippen molar-refractivity contribution in [1.29, 1.82) is 0 Å². The number of ether oxygens (including phenoxy) is 1. The summed E-state index contributed by atoms with van der Waals surface area (Å²) >= 11 is 2.58. The molecule has 2 atom stereocenters. The monoisotopic (exact) mass is 408 g/mol. The highest BCUT2D eigenvalue weighted by Crippen LogP contribution is 2.29. The summed E-state index contributed by atoms with van der Waals surface area (Å²) in [4.78, 5) is 28.8. The molecule has 0 unspecified atom stereocenters. The molecule has 0 bridgehead atoms. The Labute approximate surface area is 166 Å². The molecule has 3 heterocycles. The molecule has 1 aliphatic rings. The van der Waals surface area contributed by atoms with E-state index in [0.29, 0.717) is 13.2 Å². The van der Waals surface area contributed by atoms with E-state index < -0.39 is 11.6 Å². The van der Waals surface area contributed by atoms with E-state index in [2.05, 4.69) is 14.9 Å². The lowest BCUT2D eigenvalue weighted by Crippen LogP contribution is -2.50. The first-order valence-corrected chi connectivity index (χ1v) is 10.6. The summed E-state index contributed by atoms with van der Waals surface area (Å²) in [6.45, 7) is 6.80. The van der Waals surface area contributed by atoms with Gasteiger partial charge in [0.1, 0.15) is 6.04 Å². The highest BCUT2D eigenvalue weighted by Gasteiger charge is 2.37. The average molecular weight is 409 g/mol. The topological polar surface area (TPSA) is 84.4 Å². The number of amides is 2. The molecule has 0 saturated carbocycles. The third-order valence-electron chi connectivity index (χ3n) is 4.14. The van der Waals surface area contributed by atoms with Crippen LogP contribution in [0.4, 0.5) is 0 Å². The van der Waals surface area contributed by atoms with Gasteiger partial charge >= 0.3 is 0 Å². The normalized spacial score (nSPS) is 18.3. The molecule has 7 nitrogen and oxygen atoms in total. The smallest absolute Gasteiger partial charge is 0.276 e. The largest absolute Gasteiger partial charge is 0.376 e. The summed E-state index contributed by atoms with van der Waals surface area (Å²) in [5.74, 6) is -0.513. The van der Waals surface area contributed by atoms with Gasteiger partial charge in [0.05, 0.1) is 6.10 Å². The van der Waals surface area contributed by atoms with Crippen molar-refractivity contribution >= 4 is 34.7 Å². The molecule has 3 rings (SSSR count). The van der Waals surface area contributed by atoms with E-state index in [1.165, 1.54) is 11.3 Å². The molecule has 0 spiro atoms. The van der Waals surface area contributed by atoms with E-state index in [1.54, 1.807) is 10.3 Å². The van der Waals surface area contributed by atoms with Crippen molar-refractivity contribution in [3.05, 3.63) is 33.5 Å². The second kappa shape index (κ2) is 8.45. The average Bonchev–Trinajstić information content (AvgIpc) is 3.34. The molecule has 1 aliphatic heterocycles. The van der Waals surface area contributed by atoms with Crippen LogP contribution in [-0.4, -0.2) is 51.1 Å². The molecule has 0 radical (unpaired) electrons. The van der Waals surface area contributed by atoms with Gasteiger partial charge in [-0.1, -0.05) is 10.6 Å². The van der Waals surface area contributed by atoms with E-state index >= 15 is 0 Å². The Morgan fingerprint density at radius 3 is 2.81 bits per heavy atom. The Bertz CT molecular complexity index is 750. The molecule has 9 heteroatoms. The van der Waals surface area contributed by atoms with Crippen LogP contribution in [0.5, 0.6) is 0 Å². The van der Waals surface area contributed by atoms with Crippen LogP contribution in [0.3, 0.4) is 0 Å². The van der Waals surface area contributed by atoms with Crippen LogP contribution in [0.1, 0.15) is 55.0 Å². The quantitative estimate of drug-likeness (QED) is 0.794. The summed E-state index contributed by atoms with van der Waals surface area (Å²) in [7, 11) is 0. The fraction of sp³-hybridized carbons (Fsp3) is 0.556. The number of rotatable bonds is 6. The molecule has 146 valence electrons. The van der Waals surface area contributed by atoms with Crippen LogP contribution in [0.15, 0.2) is 22.9 Å². The predicted octanol–water partition coefficient (Wildman–Crippen LogP) is 2.88. The molecule has 1 N–H and O–H groups in total. The number of hydrogen-bond acceptors (Lipinski definition) is 7. The standard InChI is InChI=1S/C18H24N4O3S2/c1-18(2,3)19-16(23)15(14-7-5-9-26-14)22(10-12-6-4-8-25-12)17(24)13-11-27-21-20-13/h5,7,9,11-12,15H,4,6,8,10H2,1-3H3,(H,19,23)/t12-,15-/m1/s1. The fourth-order valence-corrected chi connectivity index (χ4v) is 4.29. The molecule has 0 aliphatic carbocycles. The van der Waals surface area contributed by atoms with Crippen molar-refractivity contribution in [2.45, 2.75) is 51.3 Å². The SMILES string of the molecule is CC(C)(C)NC(=O)[C@@H](c1cccs1)N(C[C@H]1CCCO1)C(=O)c1csnn1. The first-order valence-electron chi connectivity index (χ1n) is 8.90. The van der Waals surface area contributed by atoms with Crippen LogP contribution in [-0.2, 0) is 9.53 Å². The van der Waals surface area contributed by atoms with Gasteiger partial charge in [-0.2, -0.15) is 0 Å². The molecule has 2 aromatic heterocycles. The first-order chi connectivity index (χ1) is 12.8. The van der Waals surface area contributed by atoms with E-state index in [1.807, 2.05) is 38.3 Å². The molecular formula is C18H24N4O3S2. The van der Waals surface area contributed by atoms with Crippen LogP contribution >= 0.6 is 22.9 Å². The summed E-state index contributed by atoms with van der Waals surface area (Å²) in [6, 6.07) is 3.03. The van der Waals surface area contributed by atoms with Crippen molar-refractivity contribution in [3.63, 3.8) is 0 Å². The summed E-state index contributed by atoms with van der Waals surface area (Å²) in [5, 5.41) is 10.4. The number of aromatic nitrogens is 2. The van der Waals surface area contributed by atoms with E-state index in [0.717, 1.165) is 29.3 Å². The lowest BCUT2D eigenvalue weighted by Gasteiger charge is -2.33. The Hall–Kier alpha value is -1.84. The summed E-state index contributed by atoms with van der Waals surface area (Å²) < 4.78 is 9.54.